The van der Waals surface area contributed by atoms with Crippen LogP contribution in [0.4, 0.5) is 0 Å². The van der Waals surface area contributed by atoms with E-state index in [1.807, 2.05) is 4.90 Å². The second kappa shape index (κ2) is 7.34. The summed E-state index contributed by atoms with van der Waals surface area (Å²) >= 11 is 5.83. The molecule has 3 unspecified atom stereocenters. The highest BCUT2D eigenvalue weighted by atomic mass is 35.5. The Morgan fingerprint density at radius 2 is 1.89 bits per heavy atom. The van der Waals surface area contributed by atoms with Gasteiger partial charge >= 0.3 is 5.97 Å². The number of halogens is 1. The lowest BCUT2D eigenvalue weighted by Crippen LogP contribution is -2.40. The zero-order chi connectivity index (χ0) is 19.8. The van der Waals surface area contributed by atoms with Crippen molar-refractivity contribution in [2.45, 2.75) is 59.1 Å². The minimum absolute atomic E-state index is 0.117. The van der Waals surface area contributed by atoms with Gasteiger partial charge in [-0.25, -0.2) is 4.79 Å². The molecule has 0 N–H and O–H groups in total. The molecule has 1 aromatic rings. The summed E-state index contributed by atoms with van der Waals surface area (Å²) in [6.07, 6.45) is 2.35. The number of nitrogens with zero attached hydrogens (tertiary/aromatic N) is 1. The summed E-state index contributed by atoms with van der Waals surface area (Å²) in [4.78, 5) is 26.8. The Morgan fingerprint density at radius 1 is 1.22 bits per heavy atom. The van der Waals surface area contributed by atoms with E-state index in [0.717, 1.165) is 25.8 Å². The standard InChI is InChI=1S/C21H28ClNO4/c1-14(27-17-7-5-15(22)6-8-17)19(25)26-11-18(24)23-13-21(4)10-16(23)9-20(2,3)12-21/h5-8,14,16H,9-13H2,1-4H3. The third-order valence-corrected chi connectivity index (χ3v) is 5.78. The van der Waals surface area contributed by atoms with Crippen LogP contribution in [0.3, 0.4) is 0 Å². The first-order valence-corrected chi connectivity index (χ1v) is 9.83. The summed E-state index contributed by atoms with van der Waals surface area (Å²) in [6.45, 7) is 8.90. The van der Waals surface area contributed by atoms with E-state index >= 15 is 0 Å². The van der Waals surface area contributed by atoms with Crippen LogP contribution in [0.2, 0.25) is 5.02 Å². The zero-order valence-electron chi connectivity index (χ0n) is 16.5. The second-order valence-electron chi connectivity index (χ2n) is 9.06. The largest absolute Gasteiger partial charge is 0.479 e. The van der Waals surface area contributed by atoms with Crippen molar-refractivity contribution in [2.24, 2.45) is 10.8 Å². The summed E-state index contributed by atoms with van der Waals surface area (Å²) in [5.41, 5.74) is 0.404. The predicted octanol–water partition coefficient (Wildman–Crippen LogP) is 4.08. The van der Waals surface area contributed by atoms with Crippen LogP contribution in [0.5, 0.6) is 5.75 Å². The maximum absolute atomic E-state index is 12.7. The van der Waals surface area contributed by atoms with Crippen LogP contribution in [-0.4, -0.2) is 42.1 Å². The molecule has 2 aliphatic rings. The van der Waals surface area contributed by atoms with Crippen LogP contribution >= 0.6 is 11.6 Å². The molecule has 2 bridgehead atoms. The van der Waals surface area contributed by atoms with E-state index in [1.54, 1.807) is 31.2 Å². The van der Waals surface area contributed by atoms with Crippen molar-refractivity contribution in [1.29, 1.82) is 0 Å². The maximum Gasteiger partial charge on any atom is 0.347 e. The maximum atomic E-state index is 12.7. The topological polar surface area (TPSA) is 55.8 Å². The van der Waals surface area contributed by atoms with Crippen molar-refractivity contribution in [3.8, 4) is 5.75 Å². The Balaban J connectivity index is 1.51. The van der Waals surface area contributed by atoms with Crippen molar-refractivity contribution in [2.75, 3.05) is 13.2 Å². The fourth-order valence-corrected chi connectivity index (χ4v) is 4.98. The van der Waals surface area contributed by atoms with Crippen LogP contribution in [0.25, 0.3) is 0 Å². The minimum atomic E-state index is -0.798. The number of fused-ring (bicyclic) bond motifs is 2. The third kappa shape index (κ3) is 4.75. The molecular formula is C21H28ClNO4. The van der Waals surface area contributed by atoms with Crippen molar-refractivity contribution < 1.29 is 19.1 Å². The van der Waals surface area contributed by atoms with E-state index in [2.05, 4.69) is 20.8 Å². The van der Waals surface area contributed by atoms with Crippen LogP contribution in [0.1, 0.15) is 47.0 Å². The zero-order valence-corrected chi connectivity index (χ0v) is 17.2. The van der Waals surface area contributed by atoms with Crippen LogP contribution in [-0.2, 0) is 14.3 Å². The summed E-state index contributed by atoms with van der Waals surface area (Å²) in [5, 5.41) is 0.593. The number of likely N-dealkylation sites (tertiary alicyclic amines) is 1. The molecule has 27 heavy (non-hydrogen) atoms. The molecule has 1 aromatic carbocycles. The number of hydrogen-bond acceptors (Lipinski definition) is 4. The van der Waals surface area contributed by atoms with Gasteiger partial charge in [-0.05, 0) is 61.3 Å². The van der Waals surface area contributed by atoms with Crippen LogP contribution in [0, 0.1) is 10.8 Å². The molecule has 1 aliphatic heterocycles. The van der Waals surface area contributed by atoms with Gasteiger partial charge in [0.2, 0.25) is 0 Å². The lowest BCUT2D eigenvalue weighted by Gasteiger charge is -2.39. The molecule has 2 fully saturated rings. The third-order valence-electron chi connectivity index (χ3n) is 5.53. The molecule has 1 saturated heterocycles. The SMILES string of the molecule is CC(Oc1ccc(Cl)cc1)C(=O)OCC(=O)N1CC2(C)CC1CC(C)(C)C2. The Morgan fingerprint density at radius 3 is 2.56 bits per heavy atom. The van der Waals surface area contributed by atoms with Gasteiger partial charge in [0, 0.05) is 17.6 Å². The van der Waals surface area contributed by atoms with E-state index in [0.29, 0.717) is 10.8 Å². The Labute approximate surface area is 166 Å². The van der Waals surface area contributed by atoms with Gasteiger partial charge in [-0.1, -0.05) is 32.4 Å². The molecule has 1 saturated carbocycles. The van der Waals surface area contributed by atoms with Gasteiger partial charge in [-0.3, -0.25) is 4.79 Å². The summed E-state index contributed by atoms with van der Waals surface area (Å²) < 4.78 is 10.8. The monoisotopic (exact) mass is 393 g/mol. The van der Waals surface area contributed by atoms with E-state index < -0.39 is 12.1 Å². The Hall–Kier alpha value is -1.75. The number of rotatable bonds is 5. The van der Waals surface area contributed by atoms with Gasteiger partial charge < -0.3 is 14.4 Å². The molecule has 6 heteroatoms. The number of esters is 1. The highest BCUT2D eigenvalue weighted by Gasteiger charge is 2.50. The Kier molecular flexibility index (Phi) is 5.44. The van der Waals surface area contributed by atoms with Gasteiger partial charge in [-0.15, -0.1) is 0 Å². The van der Waals surface area contributed by atoms with Gasteiger partial charge in [0.05, 0.1) is 0 Å². The number of carbonyl (C=O) groups excluding carboxylic acids is 2. The highest BCUT2D eigenvalue weighted by molar-refractivity contribution is 6.30. The second-order valence-corrected chi connectivity index (χ2v) is 9.49. The molecule has 0 radical (unpaired) electrons. The quantitative estimate of drug-likeness (QED) is 0.707. The molecule has 0 spiro atoms. The summed E-state index contributed by atoms with van der Waals surface area (Å²) in [5.74, 6) is -0.140. The van der Waals surface area contributed by atoms with Gasteiger partial charge in [0.15, 0.2) is 12.7 Å². The fourth-order valence-electron chi connectivity index (χ4n) is 4.85. The Bertz CT molecular complexity index is 717. The normalized spacial score (nSPS) is 27.1. The predicted molar refractivity (Wildman–Crippen MR) is 104 cm³/mol. The molecule has 1 heterocycles. The molecule has 3 rings (SSSR count). The lowest BCUT2D eigenvalue weighted by atomic mass is 9.65. The van der Waals surface area contributed by atoms with Gasteiger partial charge in [0.1, 0.15) is 5.75 Å². The fraction of sp³-hybridized carbons (Fsp3) is 0.619. The number of amides is 1. The molecule has 1 amide bonds. The molecule has 148 valence electrons. The smallest absolute Gasteiger partial charge is 0.347 e. The minimum Gasteiger partial charge on any atom is -0.479 e. The molecule has 1 aliphatic carbocycles. The first kappa shape index (κ1) is 20.0. The molecular weight excluding hydrogens is 366 g/mol. The van der Waals surface area contributed by atoms with Crippen molar-refractivity contribution in [3.63, 3.8) is 0 Å². The van der Waals surface area contributed by atoms with E-state index in [1.165, 1.54) is 0 Å². The van der Waals surface area contributed by atoms with E-state index in [-0.39, 0.29) is 29.4 Å². The van der Waals surface area contributed by atoms with E-state index in [9.17, 15) is 9.59 Å². The van der Waals surface area contributed by atoms with E-state index in [4.69, 9.17) is 21.1 Å². The molecule has 5 nitrogen and oxygen atoms in total. The lowest BCUT2D eigenvalue weighted by molar-refractivity contribution is -0.157. The number of benzene rings is 1. The number of hydrogen-bond donors (Lipinski definition) is 0. The van der Waals surface area contributed by atoms with Crippen LogP contribution in [0.15, 0.2) is 24.3 Å². The van der Waals surface area contributed by atoms with Gasteiger partial charge in [0.25, 0.3) is 5.91 Å². The number of ether oxygens (including phenoxy) is 2. The van der Waals surface area contributed by atoms with Crippen LogP contribution < -0.4 is 4.74 Å². The van der Waals surface area contributed by atoms with Gasteiger partial charge in [-0.2, -0.15) is 0 Å². The molecule has 3 atom stereocenters. The average Bonchev–Trinajstić information content (AvgIpc) is 2.83. The van der Waals surface area contributed by atoms with Crippen molar-refractivity contribution >= 4 is 23.5 Å². The molecule has 0 aromatic heterocycles. The van der Waals surface area contributed by atoms with Crippen molar-refractivity contribution in [1.82, 2.24) is 4.90 Å². The first-order chi connectivity index (χ1) is 12.6. The van der Waals surface area contributed by atoms with Crippen molar-refractivity contribution in [3.05, 3.63) is 29.3 Å². The first-order valence-electron chi connectivity index (χ1n) is 9.45. The number of carbonyl (C=O) groups is 2. The summed E-state index contributed by atoms with van der Waals surface area (Å²) in [6, 6.07) is 6.99. The summed E-state index contributed by atoms with van der Waals surface area (Å²) in [7, 11) is 0. The highest BCUT2D eigenvalue weighted by Crippen LogP contribution is 2.52. The average molecular weight is 394 g/mol.